The molecule has 1 amide bonds. The summed E-state index contributed by atoms with van der Waals surface area (Å²) in [6.07, 6.45) is -4.37. The predicted molar refractivity (Wildman–Crippen MR) is 79.2 cm³/mol. The van der Waals surface area contributed by atoms with Gasteiger partial charge in [-0.15, -0.1) is 11.3 Å². The van der Waals surface area contributed by atoms with E-state index in [1.807, 2.05) is 0 Å². The highest BCUT2D eigenvalue weighted by molar-refractivity contribution is 7.09. The Morgan fingerprint density at radius 2 is 2.00 bits per heavy atom. The van der Waals surface area contributed by atoms with Crippen molar-refractivity contribution in [2.75, 3.05) is 6.61 Å². The molecule has 5 nitrogen and oxygen atoms in total. The summed E-state index contributed by atoms with van der Waals surface area (Å²) in [6, 6.07) is 6.00. The fourth-order valence-corrected chi connectivity index (χ4v) is 2.31. The van der Waals surface area contributed by atoms with Gasteiger partial charge in [-0.25, -0.2) is 4.98 Å². The second kappa shape index (κ2) is 7.42. The number of benzene rings is 1. The summed E-state index contributed by atoms with van der Waals surface area (Å²) in [5, 5.41) is 4.96. The van der Waals surface area contributed by atoms with Crippen LogP contribution in [0, 0.1) is 0 Å². The standard InChI is InChI=1S/C14H14F3N3O2S/c15-14(16,17)8-22-10-3-1-9(2-4-10)6-19-13(21)11-7-23-12(5-18)20-11/h1-4,7H,5-6,8,18H2,(H,19,21). The van der Waals surface area contributed by atoms with Crippen LogP contribution in [0.5, 0.6) is 5.75 Å². The molecule has 0 aliphatic rings. The Hall–Kier alpha value is -2.13. The van der Waals surface area contributed by atoms with Gasteiger partial charge in [-0.1, -0.05) is 12.1 Å². The van der Waals surface area contributed by atoms with Gasteiger partial charge in [0, 0.05) is 18.5 Å². The molecule has 0 unspecified atom stereocenters. The van der Waals surface area contributed by atoms with Gasteiger partial charge in [-0.2, -0.15) is 13.2 Å². The summed E-state index contributed by atoms with van der Waals surface area (Å²) < 4.78 is 40.7. The van der Waals surface area contributed by atoms with Gasteiger partial charge in [0.15, 0.2) is 6.61 Å². The van der Waals surface area contributed by atoms with Crippen LogP contribution in [-0.4, -0.2) is 23.7 Å². The van der Waals surface area contributed by atoms with Crippen LogP contribution in [0.25, 0.3) is 0 Å². The quantitative estimate of drug-likeness (QED) is 0.843. The Morgan fingerprint density at radius 3 is 2.57 bits per heavy atom. The van der Waals surface area contributed by atoms with Crippen LogP contribution in [0.1, 0.15) is 21.1 Å². The molecule has 0 fully saturated rings. The van der Waals surface area contributed by atoms with E-state index in [1.54, 1.807) is 17.5 Å². The van der Waals surface area contributed by atoms with Crippen molar-refractivity contribution in [2.45, 2.75) is 19.3 Å². The number of hydrogen-bond acceptors (Lipinski definition) is 5. The minimum Gasteiger partial charge on any atom is -0.484 e. The van der Waals surface area contributed by atoms with Crippen molar-refractivity contribution in [1.29, 1.82) is 0 Å². The first kappa shape index (κ1) is 17.2. The number of hydrogen-bond donors (Lipinski definition) is 2. The van der Waals surface area contributed by atoms with Gasteiger partial charge in [-0.05, 0) is 17.7 Å². The highest BCUT2D eigenvalue weighted by Crippen LogP contribution is 2.19. The van der Waals surface area contributed by atoms with Crippen LogP contribution < -0.4 is 15.8 Å². The average molecular weight is 345 g/mol. The molecule has 0 aliphatic carbocycles. The molecule has 9 heteroatoms. The predicted octanol–water partition coefficient (Wildman–Crippen LogP) is 2.47. The Bertz CT molecular complexity index is 656. The van der Waals surface area contributed by atoms with E-state index in [9.17, 15) is 18.0 Å². The third-order valence-corrected chi connectivity index (χ3v) is 3.61. The molecule has 0 atom stereocenters. The molecule has 1 aromatic carbocycles. The van der Waals surface area contributed by atoms with E-state index in [-0.39, 0.29) is 24.7 Å². The van der Waals surface area contributed by atoms with Crippen LogP contribution in [-0.2, 0) is 13.1 Å². The molecule has 1 aromatic heterocycles. The lowest BCUT2D eigenvalue weighted by molar-refractivity contribution is -0.153. The lowest BCUT2D eigenvalue weighted by atomic mass is 10.2. The highest BCUT2D eigenvalue weighted by Gasteiger charge is 2.28. The lowest BCUT2D eigenvalue weighted by Gasteiger charge is -2.09. The smallest absolute Gasteiger partial charge is 0.422 e. The summed E-state index contributed by atoms with van der Waals surface area (Å²) in [4.78, 5) is 15.9. The van der Waals surface area contributed by atoms with Gasteiger partial charge in [0.05, 0.1) is 0 Å². The van der Waals surface area contributed by atoms with E-state index in [1.165, 1.54) is 23.5 Å². The number of alkyl halides is 3. The first-order valence-electron chi connectivity index (χ1n) is 6.58. The number of nitrogens with one attached hydrogen (secondary N) is 1. The van der Waals surface area contributed by atoms with E-state index in [4.69, 9.17) is 5.73 Å². The van der Waals surface area contributed by atoms with Gasteiger partial charge >= 0.3 is 6.18 Å². The van der Waals surface area contributed by atoms with Gasteiger partial charge in [0.2, 0.25) is 0 Å². The van der Waals surface area contributed by atoms with E-state index >= 15 is 0 Å². The first-order chi connectivity index (χ1) is 10.9. The van der Waals surface area contributed by atoms with Crippen molar-refractivity contribution >= 4 is 17.2 Å². The van der Waals surface area contributed by atoms with Crippen LogP contribution in [0.2, 0.25) is 0 Å². The molecule has 124 valence electrons. The molecule has 23 heavy (non-hydrogen) atoms. The Balaban J connectivity index is 1.85. The topological polar surface area (TPSA) is 77.2 Å². The number of ether oxygens (including phenoxy) is 1. The van der Waals surface area contributed by atoms with Gasteiger partial charge in [0.1, 0.15) is 16.5 Å². The zero-order valence-corrected chi connectivity index (χ0v) is 12.7. The summed E-state index contributed by atoms with van der Waals surface area (Å²) in [7, 11) is 0. The molecule has 0 saturated carbocycles. The molecule has 3 N–H and O–H groups in total. The maximum Gasteiger partial charge on any atom is 0.422 e. The van der Waals surface area contributed by atoms with E-state index < -0.39 is 12.8 Å². The van der Waals surface area contributed by atoms with Gasteiger partial charge in [-0.3, -0.25) is 4.79 Å². The van der Waals surface area contributed by atoms with Crippen LogP contribution in [0.3, 0.4) is 0 Å². The summed E-state index contributed by atoms with van der Waals surface area (Å²) in [5.41, 5.74) is 6.45. The number of thiazole rings is 1. The monoisotopic (exact) mass is 345 g/mol. The summed E-state index contributed by atoms with van der Waals surface area (Å²) in [5.74, 6) is -0.220. The number of nitrogens with two attached hydrogens (primary N) is 1. The number of nitrogens with zero attached hydrogens (tertiary/aromatic N) is 1. The number of aromatic nitrogens is 1. The second-order valence-electron chi connectivity index (χ2n) is 4.56. The summed E-state index contributed by atoms with van der Waals surface area (Å²) in [6.45, 7) is -0.832. The molecular formula is C14H14F3N3O2S. The zero-order valence-electron chi connectivity index (χ0n) is 11.9. The van der Waals surface area contributed by atoms with E-state index in [0.717, 1.165) is 5.56 Å². The molecule has 0 aliphatic heterocycles. The maximum absolute atomic E-state index is 12.0. The number of amides is 1. The first-order valence-corrected chi connectivity index (χ1v) is 7.46. The molecule has 0 radical (unpaired) electrons. The average Bonchev–Trinajstić information content (AvgIpc) is 3.00. The Morgan fingerprint density at radius 1 is 1.30 bits per heavy atom. The lowest BCUT2D eigenvalue weighted by Crippen LogP contribution is -2.23. The van der Waals surface area contributed by atoms with E-state index in [2.05, 4.69) is 15.0 Å². The van der Waals surface area contributed by atoms with Crippen LogP contribution >= 0.6 is 11.3 Å². The van der Waals surface area contributed by atoms with Crippen molar-refractivity contribution in [2.24, 2.45) is 5.73 Å². The summed E-state index contributed by atoms with van der Waals surface area (Å²) >= 11 is 1.30. The fraction of sp³-hybridized carbons (Fsp3) is 0.286. The van der Waals surface area contributed by atoms with Crippen molar-refractivity contribution in [3.05, 3.63) is 45.9 Å². The molecule has 2 rings (SSSR count). The molecule has 0 spiro atoms. The second-order valence-corrected chi connectivity index (χ2v) is 5.50. The minimum atomic E-state index is -4.37. The maximum atomic E-state index is 12.0. The van der Waals surface area contributed by atoms with Crippen molar-refractivity contribution in [3.63, 3.8) is 0 Å². The molecule has 0 saturated heterocycles. The molecule has 2 aromatic rings. The molecule has 1 heterocycles. The fourth-order valence-electron chi connectivity index (χ4n) is 1.65. The third-order valence-electron chi connectivity index (χ3n) is 2.74. The number of carbonyl (C=O) groups is 1. The third kappa shape index (κ3) is 5.53. The van der Waals surface area contributed by atoms with Crippen molar-refractivity contribution in [3.8, 4) is 5.75 Å². The number of halogens is 3. The Kier molecular flexibility index (Phi) is 5.56. The van der Waals surface area contributed by atoms with Crippen molar-refractivity contribution in [1.82, 2.24) is 10.3 Å². The van der Waals surface area contributed by atoms with Gasteiger partial charge < -0.3 is 15.8 Å². The molecule has 0 bridgehead atoms. The SMILES string of the molecule is NCc1nc(C(=O)NCc2ccc(OCC(F)(F)F)cc2)cs1. The minimum absolute atomic E-state index is 0.115. The number of rotatable bonds is 6. The van der Waals surface area contributed by atoms with Crippen molar-refractivity contribution < 1.29 is 22.7 Å². The molecular weight excluding hydrogens is 331 g/mol. The largest absolute Gasteiger partial charge is 0.484 e. The zero-order chi connectivity index (χ0) is 16.9. The highest BCUT2D eigenvalue weighted by atomic mass is 32.1. The van der Waals surface area contributed by atoms with E-state index in [0.29, 0.717) is 10.7 Å². The van der Waals surface area contributed by atoms with Crippen LogP contribution in [0.4, 0.5) is 13.2 Å². The van der Waals surface area contributed by atoms with Crippen LogP contribution in [0.15, 0.2) is 29.6 Å². The normalized spacial score (nSPS) is 11.3. The van der Waals surface area contributed by atoms with Gasteiger partial charge in [0.25, 0.3) is 5.91 Å². The number of carbonyl (C=O) groups excluding carboxylic acids is 1. The Labute approximate surface area is 134 Å².